The fraction of sp³-hybridized carbons (Fsp3) is 0. The molecule has 0 spiro atoms. The van der Waals surface area contributed by atoms with Gasteiger partial charge in [-0.1, -0.05) is 6.58 Å². The van der Waals surface area contributed by atoms with Gasteiger partial charge in [-0.05, 0) is 24.3 Å². The van der Waals surface area contributed by atoms with Crippen molar-refractivity contribution in [3.05, 3.63) is 42.3 Å². The molecule has 0 atom stereocenters. The molecule has 0 saturated heterocycles. The third kappa shape index (κ3) is 3.06. The lowest BCUT2D eigenvalue weighted by Crippen LogP contribution is -2.05. The Kier molecular flexibility index (Phi) is 3.61. The van der Waals surface area contributed by atoms with Crippen molar-refractivity contribution < 1.29 is 12.8 Å². The van der Waals surface area contributed by atoms with Crippen LogP contribution in [0.1, 0.15) is 0 Å². The molecule has 0 amide bonds. The predicted octanol–water partition coefficient (Wildman–Crippen LogP) is 1.25. The molecule has 0 aliphatic carbocycles. The van der Waals surface area contributed by atoms with Crippen LogP contribution in [0.2, 0.25) is 0 Å². The topological polar surface area (TPSA) is 111 Å². The lowest BCUT2D eigenvalue weighted by Gasteiger charge is -2.05. The number of rotatable bonds is 4. The maximum absolute atomic E-state index is 12.9. The Bertz CT molecular complexity index is 726. The van der Waals surface area contributed by atoms with Gasteiger partial charge < -0.3 is 11.1 Å². The SMILES string of the molecule is C=CS(=O)(=O)c1ccc(Nc2nc(N)nc(F)n2)cc1. The number of halogens is 1. The summed E-state index contributed by atoms with van der Waals surface area (Å²) in [6, 6.07) is 5.71. The molecule has 1 aromatic carbocycles. The van der Waals surface area contributed by atoms with Crippen molar-refractivity contribution in [3.8, 4) is 0 Å². The molecule has 0 radical (unpaired) electrons. The normalized spacial score (nSPS) is 11.1. The van der Waals surface area contributed by atoms with Crippen molar-refractivity contribution in [3.63, 3.8) is 0 Å². The minimum absolute atomic E-state index is 0.0747. The quantitative estimate of drug-likeness (QED) is 0.873. The highest BCUT2D eigenvalue weighted by Crippen LogP contribution is 2.18. The minimum atomic E-state index is -3.49. The Balaban J connectivity index is 2.25. The van der Waals surface area contributed by atoms with Crippen LogP contribution in [0.25, 0.3) is 0 Å². The average molecular weight is 295 g/mol. The van der Waals surface area contributed by atoms with Crippen molar-refractivity contribution in [2.45, 2.75) is 4.90 Å². The number of sulfone groups is 1. The van der Waals surface area contributed by atoms with E-state index in [-0.39, 0.29) is 16.8 Å². The van der Waals surface area contributed by atoms with Gasteiger partial charge in [0.1, 0.15) is 0 Å². The zero-order valence-electron chi connectivity index (χ0n) is 10.1. The molecule has 0 bridgehead atoms. The van der Waals surface area contributed by atoms with Crippen LogP contribution in [0.3, 0.4) is 0 Å². The second-order valence-electron chi connectivity index (χ2n) is 3.65. The number of hydrogen-bond acceptors (Lipinski definition) is 7. The number of anilines is 3. The Hall–Kier alpha value is -2.55. The molecular formula is C11H10FN5O2S. The summed E-state index contributed by atoms with van der Waals surface area (Å²) in [7, 11) is -3.49. The Morgan fingerprint density at radius 3 is 2.40 bits per heavy atom. The Morgan fingerprint density at radius 2 is 1.85 bits per heavy atom. The lowest BCUT2D eigenvalue weighted by molar-refractivity contribution is 0.537. The highest BCUT2D eigenvalue weighted by atomic mass is 32.2. The third-order valence-corrected chi connectivity index (χ3v) is 3.65. The summed E-state index contributed by atoms with van der Waals surface area (Å²) < 4.78 is 36.0. The van der Waals surface area contributed by atoms with E-state index in [2.05, 4.69) is 26.8 Å². The molecule has 0 aliphatic heterocycles. The molecule has 1 heterocycles. The molecular weight excluding hydrogens is 285 g/mol. The molecule has 7 nitrogen and oxygen atoms in total. The van der Waals surface area contributed by atoms with E-state index in [0.717, 1.165) is 5.41 Å². The second-order valence-corrected chi connectivity index (χ2v) is 5.54. The number of benzene rings is 1. The van der Waals surface area contributed by atoms with Gasteiger partial charge in [0, 0.05) is 11.1 Å². The fourth-order valence-electron chi connectivity index (χ4n) is 1.37. The predicted molar refractivity (Wildman–Crippen MR) is 71.3 cm³/mol. The van der Waals surface area contributed by atoms with E-state index < -0.39 is 15.9 Å². The van der Waals surface area contributed by atoms with Crippen LogP contribution >= 0.6 is 0 Å². The number of nitrogens with one attached hydrogen (secondary N) is 1. The van der Waals surface area contributed by atoms with E-state index in [1.54, 1.807) is 0 Å². The molecule has 9 heteroatoms. The van der Waals surface area contributed by atoms with E-state index in [1.165, 1.54) is 24.3 Å². The van der Waals surface area contributed by atoms with Crippen LogP contribution in [-0.4, -0.2) is 23.4 Å². The van der Waals surface area contributed by atoms with E-state index >= 15 is 0 Å². The van der Waals surface area contributed by atoms with Gasteiger partial charge in [0.05, 0.1) is 4.90 Å². The van der Waals surface area contributed by atoms with Crippen molar-refractivity contribution in [2.24, 2.45) is 0 Å². The lowest BCUT2D eigenvalue weighted by atomic mass is 10.3. The zero-order valence-corrected chi connectivity index (χ0v) is 10.9. The Labute approximate surface area is 114 Å². The summed E-state index contributed by atoms with van der Waals surface area (Å²) in [6.45, 7) is 3.23. The summed E-state index contributed by atoms with van der Waals surface area (Å²) in [5.41, 5.74) is 5.75. The highest BCUT2D eigenvalue weighted by Gasteiger charge is 2.09. The van der Waals surface area contributed by atoms with Crippen molar-refractivity contribution in [1.82, 2.24) is 15.0 Å². The highest BCUT2D eigenvalue weighted by molar-refractivity contribution is 7.94. The van der Waals surface area contributed by atoms with Crippen LogP contribution < -0.4 is 11.1 Å². The summed E-state index contributed by atoms with van der Waals surface area (Å²) in [4.78, 5) is 10.4. The molecule has 0 fully saturated rings. The zero-order chi connectivity index (χ0) is 14.8. The largest absolute Gasteiger partial charge is 0.368 e. The molecule has 104 valence electrons. The van der Waals surface area contributed by atoms with Crippen LogP contribution in [0.5, 0.6) is 0 Å². The third-order valence-electron chi connectivity index (χ3n) is 2.28. The molecule has 1 aromatic heterocycles. The molecule has 0 saturated carbocycles. The van der Waals surface area contributed by atoms with Gasteiger partial charge in [0.15, 0.2) is 9.84 Å². The van der Waals surface area contributed by atoms with E-state index in [9.17, 15) is 12.8 Å². The molecule has 20 heavy (non-hydrogen) atoms. The summed E-state index contributed by atoms with van der Waals surface area (Å²) in [5.74, 6) is -0.333. The molecule has 0 aliphatic rings. The van der Waals surface area contributed by atoms with Crippen molar-refractivity contribution >= 4 is 27.4 Å². The van der Waals surface area contributed by atoms with E-state index in [4.69, 9.17) is 5.73 Å². The Morgan fingerprint density at radius 1 is 1.20 bits per heavy atom. The second kappa shape index (κ2) is 5.21. The van der Waals surface area contributed by atoms with Crippen molar-refractivity contribution in [1.29, 1.82) is 0 Å². The molecule has 0 unspecified atom stereocenters. The smallest absolute Gasteiger partial charge is 0.315 e. The minimum Gasteiger partial charge on any atom is -0.368 e. The number of hydrogen-bond donors (Lipinski definition) is 2. The maximum Gasteiger partial charge on any atom is 0.315 e. The summed E-state index contributed by atoms with van der Waals surface area (Å²) >= 11 is 0. The summed E-state index contributed by atoms with van der Waals surface area (Å²) in [6.07, 6.45) is -1.01. The van der Waals surface area contributed by atoms with Gasteiger partial charge in [0.25, 0.3) is 0 Å². The monoisotopic (exact) mass is 295 g/mol. The number of nitrogens with zero attached hydrogens (tertiary/aromatic N) is 3. The molecule has 2 rings (SSSR count). The number of nitrogens with two attached hydrogens (primary N) is 1. The molecule has 2 aromatic rings. The van der Waals surface area contributed by atoms with Gasteiger partial charge in [-0.25, -0.2) is 8.42 Å². The van der Waals surface area contributed by atoms with Crippen molar-refractivity contribution in [2.75, 3.05) is 11.1 Å². The van der Waals surface area contributed by atoms with Crippen LogP contribution in [0.4, 0.5) is 22.0 Å². The van der Waals surface area contributed by atoms with Crippen LogP contribution in [0, 0.1) is 6.08 Å². The maximum atomic E-state index is 12.9. The van der Waals surface area contributed by atoms with Gasteiger partial charge in [-0.3, -0.25) is 0 Å². The number of aromatic nitrogens is 3. The average Bonchev–Trinajstić information content (AvgIpc) is 2.38. The van der Waals surface area contributed by atoms with Crippen LogP contribution in [-0.2, 0) is 9.84 Å². The number of nitrogen functional groups attached to an aromatic ring is 1. The first-order chi connectivity index (χ1) is 9.40. The first kappa shape index (κ1) is 13.9. The standard InChI is InChI=1S/C11H10FN5O2S/c1-2-20(18,19)8-5-3-7(4-6-8)14-11-16-9(12)15-10(13)17-11/h2-6H,1H2,(H3,13,14,15,16,17). The van der Waals surface area contributed by atoms with Gasteiger partial charge in [-0.2, -0.15) is 19.3 Å². The van der Waals surface area contributed by atoms with Gasteiger partial charge >= 0.3 is 6.08 Å². The van der Waals surface area contributed by atoms with Crippen LogP contribution in [0.15, 0.2) is 41.1 Å². The fourth-order valence-corrected chi connectivity index (χ4v) is 2.08. The van der Waals surface area contributed by atoms with Gasteiger partial charge in [0.2, 0.25) is 11.9 Å². The summed E-state index contributed by atoms with van der Waals surface area (Å²) in [5, 5.41) is 3.54. The first-order valence-electron chi connectivity index (χ1n) is 5.32. The van der Waals surface area contributed by atoms with Gasteiger partial charge in [-0.15, -0.1) is 0 Å². The van der Waals surface area contributed by atoms with E-state index in [0.29, 0.717) is 5.69 Å². The first-order valence-corrected chi connectivity index (χ1v) is 6.87. The molecule has 3 N–H and O–H groups in total. The van der Waals surface area contributed by atoms with E-state index in [1.807, 2.05) is 0 Å².